The normalized spacial score (nSPS) is 23.5. The molecule has 2 aromatic carbocycles. The van der Waals surface area contributed by atoms with Gasteiger partial charge in [0.15, 0.2) is 0 Å². The summed E-state index contributed by atoms with van der Waals surface area (Å²) in [4.78, 5) is 28.1. The van der Waals surface area contributed by atoms with Gasteiger partial charge in [-0.1, -0.05) is 12.1 Å². The van der Waals surface area contributed by atoms with E-state index in [0.29, 0.717) is 29.5 Å². The number of nitriles is 1. The van der Waals surface area contributed by atoms with Gasteiger partial charge >= 0.3 is 0 Å². The molecule has 2 aliphatic rings. The van der Waals surface area contributed by atoms with E-state index in [0.717, 1.165) is 41.1 Å². The molecule has 1 aliphatic heterocycles. The Morgan fingerprint density at radius 1 is 1.20 bits per heavy atom. The van der Waals surface area contributed by atoms with Crippen molar-refractivity contribution in [3.8, 4) is 6.07 Å². The predicted molar refractivity (Wildman–Crippen MR) is 116 cm³/mol. The van der Waals surface area contributed by atoms with Crippen LogP contribution in [-0.4, -0.2) is 29.0 Å². The number of nitrogen functional groups attached to an aromatic ring is 1. The summed E-state index contributed by atoms with van der Waals surface area (Å²) in [6.07, 6.45) is 3.58. The molecule has 1 unspecified atom stereocenters. The molecule has 5 N–H and O–H groups in total. The highest BCUT2D eigenvalue weighted by Gasteiger charge is 2.43. The van der Waals surface area contributed by atoms with Gasteiger partial charge in [-0.2, -0.15) is 5.26 Å². The average Bonchev–Trinajstić information content (AvgIpc) is 3.38. The third-order valence-electron chi connectivity index (χ3n) is 6.47. The van der Waals surface area contributed by atoms with E-state index in [9.17, 15) is 14.9 Å². The SMILES string of the molecule is N#CC(Cc1ccc2c(c1)c(=O)[nH]c1ccc(N)cc12)NC(=O)[C@H]1N[C@@H]2CC[C@H]1C2. The smallest absolute Gasteiger partial charge is 0.256 e. The zero-order valence-electron chi connectivity index (χ0n) is 16.4. The number of amides is 1. The number of nitrogens with one attached hydrogen (secondary N) is 3. The number of nitrogens with two attached hydrogens (primary N) is 1. The van der Waals surface area contributed by atoms with Gasteiger partial charge in [-0.15, -0.1) is 0 Å². The summed E-state index contributed by atoms with van der Waals surface area (Å²) < 4.78 is 0. The molecule has 7 nitrogen and oxygen atoms in total. The Bertz CT molecular complexity index is 1260. The molecule has 1 saturated carbocycles. The number of pyridine rings is 1. The number of H-pyrrole nitrogens is 1. The van der Waals surface area contributed by atoms with Gasteiger partial charge < -0.3 is 21.4 Å². The van der Waals surface area contributed by atoms with Crippen LogP contribution in [0.2, 0.25) is 0 Å². The number of piperidine rings is 1. The molecular weight excluding hydrogens is 378 g/mol. The lowest BCUT2D eigenvalue weighted by Gasteiger charge is -2.23. The third kappa shape index (κ3) is 3.19. The fraction of sp³-hybridized carbons (Fsp3) is 0.348. The first-order chi connectivity index (χ1) is 14.5. The van der Waals surface area contributed by atoms with Gasteiger partial charge in [0, 0.05) is 34.4 Å². The zero-order chi connectivity index (χ0) is 20.8. The molecule has 3 aromatic rings. The quantitative estimate of drug-likeness (QED) is 0.393. The van der Waals surface area contributed by atoms with Gasteiger partial charge in [0.25, 0.3) is 5.56 Å². The topological polar surface area (TPSA) is 124 Å². The molecule has 0 radical (unpaired) electrons. The van der Waals surface area contributed by atoms with Crippen LogP contribution in [-0.2, 0) is 11.2 Å². The Kier molecular flexibility index (Phi) is 4.44. The lowest BCUT2D eigenvalue weighted by atomic mass is 9.98. The molecule has 2 fully saturated rings. The molecule has 4 atom stereocenters. The van der Waals surface area contributed by atoms with E-state index in [2.05, 4.69) is 21.7 Å². The van der Waals surface area contributed by atoms with Crippen LogP contribution in [0, 0.1) is 17.2 Å². The van der Waals surface area contributed by atoms with E-state index in [-0.39, 0.29) is 17.5 Å². The van der Waals surface area contributed by atoms with Crippen LogP contribution in [0.3, 0.4) is 0 Å². The van der Waals surface area contributed by atoms with Crippen LogP contribution in [0.25, 0.3) is 21.7 Å². The molecule has 2 bridgehead atoms. The van der Waals surface area contributed by atoms with Crippen LogP contribution < -0.4 is 21.9 Å². The molecule has 1 aliphatic carbocycles. The third-order valence-corrected chi connectivity index (χ3v) is 6.47. The lowest BCUT2D eigenvalue weighted by molar-refractivity contribution is -0.124. The minimum atomic E-state index is -0.647. The molecule has 0 spiro atoms. The standard InChI is InChI=1S/C23H23N5O2/c24-11-16(27-23(30)21-13-2-4-15(9-13)26-21)7-12-1-5-17-18-10-14(25)3-6-20(18)28-22(29)19(17)8-12/h1,3,5-6,8,10,13,15-16,21,26H,2,4,7,9,25H2,(H,27,30)(H,28,29)/t13-,15+,16?,21-/m0/s1. The first kappa shape index (κ1) is 18.6. The maximum absolute atomic E-state index is 12.6. The van der Waals surface area contributed by atoms with Gasteiger partial charge in [-0.3, -0.25) is 9.59 Å². The fourth-order valence-corrected chi connectivity index (χ4v) is 5.00. The molecule has 2 heterocycles. The monoisotopic (exact) mass is 401 g/mol. The van der Waals surface area contributed by atoms with Crippen molar-refractivity contribution in [3.05, 3.63) is 52.3 Å². The lowest BCUT2D eigenvalue weighted by Crippen LogP contribution is -2.50. The second kappa shape index (κ2) is 7.15. The van der Waals surface area contributed by atoms with Crippen molar-refractivity contribution in [2.45, 2.75) is 43.8 Å². The Balaban J connectivity index is 1.39. The van der Waals surface area contributed by atoms with Gasteiger partial charge in [0.1, 0.15) is 6.04 Å². The van der Waals surface area contributed by atoms with Crippen molar-refractivity contribution in [2.24, 2.45) is 5.92 Å². The van der Waals surface area contributed by atoms with Crippen LogP contribution in [0.1, 0.15) is 24.8 Å². The van der Waals surface area contributed by atoms with Gasteiger partial charge in [-0.05, 0) is 60.4 Å². The summed E-state index contributed by atoms with van der Waals surface area (Å²) >= 11 is 0. The van der Waals surface area contributed by atoms with Crippen LogP contribution >= 0.6 is 0 Å². The van der Waals surface area contributed by atoms with Crippen molar-refractivity contribution < 1.29 is 4.79 Å². The van der Waals surface area contributed by atoms with E-state index in [1.807, 2.05) is 18.2 Å². The van der Waals surface area contributed by atoms with E-state index in [4.69, 9.17) is 5.73 Å². The second-order valence-electron chi connectivity index (χ2n) is 8.45. The summed E-state index contributed by atoms with van der Waals surface area (Å²) in [5.41, 5.74) is 7.91. The number of carbonyl (C=O) groups excluding carboxylic acids is 1. The number of rotatable bonds is 4. The van der Waals surface area contributed by atoms with Crippen molar-refractivity contribution in [1.82, 2.24) is 15.6 Å². The highest BCUT2D eigenvalue weighted by atomic mass is 16.2. The van der Waals surface area contributed by atoms with Crippen molar-refractivity contribution in [3.63, 3.8) is 0 Å². The van der Waals surface area contributed by atoms with Crippen molar-refractivity contribution >= 4 is 33.3 Å². The molecule has 30 heavy (non-hydrogen) atoms. The molecule has 152 valence electrons. The van der Waals surface area contributed by atoms with Crippen molar-refractivity contribution in [2.75, 3.05) is 5.73 Å². The van der Waals surface area contributed by atoms with Gasteiger partial charge in [0.2, 0.25) is 5.91 Å². The summed E-state index contributed by atoms with van der Waals surface area (Å²) in [5.74, 6) is 0.267. The minimum Gasteiger partial charge on any atom is -0.399 e. The molecular formula is C23H23N5O2. The van der Waals surface area contributed by atoms with Gasteiger partial charge in [0.05, 0.1) is 12.1 Å². The van der Waals surface area contributed by atoms with E-state index in [1.165, 1.54) is 0 Å². The number of nitrogens with zero attached hydrogens (tertiary/aromatic N) is 1. The van der Waals surface area contributed by atoms with Crippen LogP contribution in [0.5, 0.6) is 0 Å². The minimum absolute atomic E-state index is 0.103. The first-order valence-electron chi connectivity index (χ1n) is 10.3. The second-order valence-corrected chi connectivity index (χ2v) is 8.45. The number of hydrogen-bond donors (Lipinski definition) is 4. The molecule has 1 saturated heterocycles. The Hall–Kier alpha value is -3.37. The van der Waals surface area contributed by atoms with Gasteiger partial charge in [-0.25, -0.2) is 0 Å². The summed E-state index contributed by atoms with van der Waals surface area (Å²) in [6, 6.07) is 12.7. The number of benzene rings is 2. The average molecular weight is 401 g/mol. The summed E-state index contributed by atoms with van der Waals surface area (Å²) in [7, 11) is 0. The predicted octanol–water partition coefficient (Wildman–Crippen LogP) is 1.95. The molecule has 7 heteroatoms. The Labute approximate surface area is 173 Å². The number of aromatic amines is 1. The number of anilines is 1. The highest BCUT2D eigenvalue weighted by Crippen LogP contribution is 2.35. The van der Waals surface area contributed by atoms with Crippen molar-refractivity contribution in [1.29, 1.82) is 5.26 Å². The number of carbonyl (C=O) groups is 1. The largest absolute Gasteiger partial charge is 0.399 e. The summed E-state index contributed by atoms with van der Waals surface area (Å²) in [6.45, 7) is 0. The zero-order valence-corrected chi connectivity index (χ0v) is 16.4. The first-order valence-corrected chi connectivity index (χ1v) is 10.3. The fourth-order valence-electron chi connectivity index (χ4n) is 5.00. The Morgan fingerprint density at radius 3 is 2.80 bits per heavy atom. The van der Waals surface area contributed by atoms with Crippen LogP contribution in [0.4, 0.5) is 5.69 Å². The number of hydrogen-bond acceptors (Lipinski definition) is 5. The molecule has 1 aromatic heterocycles. The summed E-state index contributed by atoms with van der Waals surface area (Å²) in [5, 5.41) is 18.1. The molecule has 5 rings (SSSR count). The maximum Gasteiger partial charge on any atom is 0.256 e. The van der Waals surface area contributed by atoms with Crippen LogP contribution in [0.15, 0.2) is 41.2 Å². The van der Waals surface area contributed by atoms with E-state index >= 15 is 0 Å². The van der Waals surface area contributed by atoms with E-state index < -0.39 is 6.04 Å². The number of aromatic nitrogens is 1. The number of fused-ring (bicyclic) bond motifs is 5. The molecule has 1 amide bonds. The van der Waals surface area contributed by atoms with E-state index in [1.54, 1.807) is 18.2 Å². The Morgan fingerprint density at radius 2 is 2.07 bits per heavy atom. The maximum atomic E-state index is 12.6. The highest BCUT2D eigenvalue weighted by molar-refractivity contribution is 6.06.